The maximum atomic E-state index is 13.8. The van der Waals surface area contributed by atoms with Gasteiger partial charge in [0.2, 0.25) is 0 Å². The Balaban J connectivity index is 3.21. The third kappa shape index (κ3) is 4.84. The van der Waals surface area contributed by atoms with Gasteiger partial charge in [0.05, 0.1) is 11.3 Å². The minimum Gasteiger partial charge on any atom is -0.456 e. The first kappa shape index (κ1) is 17.7. The monoisotopic (exact) mass is 312 g/mol. The standard InChI is InChI=1S/C16H13FN4O2/c1-16(2,3)23-15(22)10-4-5-12(17)13(6-10)21-14(9-20)11(7-18)8-19/h4-6,21H,1-3H3. The van der Waals surface area contributed by atoms with Crippen molar-refractivity contribution >= 4 is 11.7 Å². The summed E-state index contributed by atoms with van der Waals surface area (Å²) >= 11 is 0. The molecule has 0 bridgehead atoms. The number of hydrogen-bond donors (Lipinski definition) is 1. The first-order valence-corrected chi connectivity index (χ1v) is 6.46. The van der Waals surface area contributed by atoms with E-state index in [0.717, 1.165) is 12.1 Å². The lowest BCUT2D eigenvalue weighted by Gasteiger charge is -2.19. The van der Waals surface area contributed by atoms with Crippen LogP contribution in [0.15, 0.2) is 29.5 Å². The summed E-state index contributed by atoms with van der Waals surface area (Å²) in [6, 6.07) is 8.07. The topological polar surface area (TPSA) is 110 Å². The predicted molar refractivity (Wildman–Crippen MR) is 79.1 cm³/mol. The lowest BCUT2D eigenvalue weighted by Crippen LogP contribution is -2.24. The molecule has 0 saturated carbocycles. The highest BCUT2D eigenvalue weighted by molar-refractivity contribution is 5.91. The Morgan fingerprint density at radius 3 is 2.26 bits per heavy atom. The smallest absolute Gasteiger partial charge is 0.338 e. The Hall–Kier alpha value is -3.37. The summed E-state index contributed by atoms with van der Waals surface area (Å²) in [5.41, 5.74) is -1.76. The van der Waals surface area contributed by atoms with Crippen molar-refractivity contribution in [2.45, 2.75) is 26.4 Å². The molecule has 6 nitrogen and oxygen atoms in total. The fourth-order valence-corrected chi connectivity index (χ4v) is 1.50. The van der Waals surface area contributed by atoms with Gasteiger partial charge in [-0.2, -0.15) is 15.8 Å². The Morgan fingerprint density at radius 1 is 1.17 bits per heavy atom. The van der Waals surface area contributed by atoms with Gasteiger partial charge in [-0.15, -0.1) is 0 Å². The van der Waals surface area contributed by atoms with Gasteiger partial charge in [-0.25, -0.2) is 9.18 Å². The largest absolute Gasteiger partial charge is 0.456 e. The first-order chi connectivity index (χ1) is 10.7. The summed E-state index contributed by atoms with van der Waals surface area (Å²) in [5.74, 6) is -1.41. The maximum absolute atomic E-state index is 13.8. The van der Waals surface area contributed by atoms with Crippen LogP contribution < -0.4 is 5.32 Å². The van der Waals surface area contributed by atoms with E-state index in [1.807, 2.05) is 0 Å². The van der Waals surface area contributed by atoms with Gasteiger partial charge in [0, 0.05) is 0 Å². The van der Waals surface area contributed by atoms with Gasteiger partial charge in [0.15, 0.2) is 5.57 Å². The third-order valence-electron chi connectivity index (χ3n) is 2.45. The zero-order valence-electron chi connectivity index (χ0n) is 12.8. The first-order valence-electron chi connectivity index (χ1n) is 6.46. The molecule has 0 heterocycles. The van der Waals surface area contributed by atoms with Crippen molar-refractivity contribution in [3.05, 3.63) is 40.8 Å². The lowest BCUT2D eigenvalue weighted by atomic mass is 10.1. The number of anilines is 1. The SMILES string of the molecule is CC(C)(C)OC(=O)c1ccc(F)c(NC(C#N)=C(C#N)C#N)c1. The number of nitrogens with one attached hydrogen (secondary N) is 1. The highest BCUT2D eigenvalue weighted by atomic mass is 19.1. The molecular formula is C16H13FN4O2. The quantitative estimate of drug-likeness (QED) is 0.678. The molecule has 1 rings (SSSR count). The van der Waals surface area contributed by atoms with Crippen LogP contribution in [0.3, 0.4) is 0 Å². The van der Waals surface area contributed by atoms with Gasteiger partial charge in [-0.05, 0) is 39.0 Å². The molecule has 1 aromatic rings. The summed E-state index contributed by atoms with van der Waals surface area (Å²) in [6.45, 7) is 5.07. The van der Waals surface area contributed by atoms with Crippen LogP contribution in [-0.2, 0) is 4.74 Å². The molecule has 0 radical (unpaired) electrons. The van der Waals surface area contributed by atoms with Crippen molar-refractivity contribution in [3.8, 4) is 18.2 Å². The Morgan fingerprint density at radius 2 is 1.78 bits per heavy atom. The summed E-state index contributed by atoms with van der Waals surface area (Å²) in [5, 5.41) is 28.8. The van der Waals surface area contributed by atoms with E-state index in [-0.39, 0.29) is 11.3 Å². The molecule has 7 heteroatoms. The van der Waals surface area contributed by atoms with E-state index >= 15 is 0 Å². The van der Waals surface area contributed by atoms with Gasteiger partial charge in [0.25, 0.3) is 0 Å². The van der Waals surface area contributed by atoms with Crippen LogP contribution in [0.2, 0.25) is 0 Å². The number of rotatable bonds is 3. The molecule has 116 valence electrons. The number of carbonyl (C=O) groups excluding carboxylic acids is 1. The van der Waals surface area contributed by atoms with E-state index in [1.54, 1.807) is 26.8 Å². The molecule has 23 heavy (non-hydrogen) atoms. The Labute approximate surface area is 133 Å². The van der Waals surface area contributed by atoms with Gasteiger partial charge < -0.3 is 10.1 Å². The number of hydrogen-bond acceptors (Lipinski definition) is 6. The number of ether oxygens (including phenoxy) is 1. The third-order valence-corrected chi connectivity index (χ3v) is 2.45. The van der Waals surface area contributed by atoms with Crippen LogP contribution in [-0.4, -0.2) is 11.6 Å². The number of carbonyl (C=O) groups is 1. The van der Waals surface area contributed by atoms with Crippen molar-refractivity contribution in [3.63, 3.8) is 0 Å². The summed E-state index contributed by atoms with van der Waals surface area (Å²) in [7, 11) is 0. The molecule has 0 aliphatic rings. The highest BCUT2D eigenvalue weighted by Crippen LogP contribution is 2.21. The molecular weight excluding hydrogens is 299 g/mol. The molecule has 0 aliphatic heterocycles. The lowest BCUT2D eigenvalue weighted by molar-refractivity contribution is 0.00695. The van der Waals surface area contributed by atoms with Gasteiger partial charge >= 0.3 is 5.97 Å². The summed E-state index contributed by atoms with van der Waals surface area (Å²) in [4.78, 5) is 12.0. The minimum absolute atomic E-state index is 0.0663. The zero-order valence-corrected chi connectivity index (χ0v) is 12.8. The van der Waals surface area contributed by atoms with Crippen LogP contribution >= 0.6 is 0 Å². The van der Waals surface area contributed by atoms with Gasteiger partial charge in [-0.1, -0.05) is 0 Å². The number of benzene rings is 1. The van der Waals surface area contributed by atoms with E-state index in [9.17, 15) is 9.18 Å². The molecule has 0 atom stereocenters. The van der Waals surface area contributed by atoms with E-state index in [4.69, 9.17) is 20.5 Å². The minimum atomic E-state index is -0.750. The number of halogens is 1. The van der Waals surface area contributed by atoms with Crippen molar-refractivity contribution in [2.75, 3.05) is 5.32 Å². The van der Waals surface area contributed by atoms with Gasteiger partial charge in [0.1, 0.15) is 35.3 Å². The fourth-order valence-electron chi connectivity index (χ4n) is 1.50. The summed E-state index contributed by atoms with van der Waals surface area (Å²) < 4.78 is 19.0. The second-order valence-corrected chi connectivity index (χ2v) is 5.41. The number of nitrogens with zero attached hydrogens (tertiary/aromatic N) is 3. The molecule has 1 aromatic carbocycles. The van der Waals surface area contributed by atoms with Crippen molar-refractivity contribution in [1.29, 1.82) is 15.8 Å². The maximum Gasteiger partial charge on any atom is 0.338 e. The van der Waals surface area contributed by atoms with E-state index in [1.165, 1.54) is 18.2 Å². The normalized spacial score (nSPS) is 9.78. The average Bonchev–Trinajstić information content (AvgIpc) is 2.47. The highest BCUT2D eigenvalue weighted by Gasteiger charge is 2.19. The number of nitriles is 3. The van der Waals surface area contributed by atoms with E-state index in [2.05, 4.69) is 5.32 Å². The molecule has 0 fully saturated rings. The summed E-state index contributed by atoms with van der Waals surface area (Å²) in [6.07, 6.45) is 0. The molecule has 0 spiro atoms. The molecule has 0 aliphatic carbocycles. The second kappa shape index (κ2) is 7.06. The van der Waals surface area contributed by atoms with Crippen molar-refractivity contribution in [1.82, 2.24) is 0 Å². The molecule has 1 N–H and O–H groups in total. The Kier molecular flexibility index (Phi) is 5.43. The Bertz CT molecular complexity index is 770. The molecule has 0 unspecified atom stereocenters. The van der Waals surface area contributed by atoms with Crippen LogP contribution in [0.25, 0.3) is 0 Å². The number of allylic oxidation sites excluding steroid dienone is 2. The van der Waals surface area contributed by atoms with Crippen molar-refractivity contribution in [2.24, 2.45) is 0 Å². The van der Waals surface area contributed by atoms with Crippen LogP contribution in [0.4, 0.5) is 10.1 Å². The zero-order chi connectivity index (χ0) is 17.6. The molecule has 0 saturated heterocycles. The number of esters is 1. The average molecular weight is 312 g/mol. The van der Waals surface area contributed by atoms with E-state index in [0.29, 0.717) is 0 Å². The molecule has 0 amide bonds. The van der Waals surface area contributed by atoms with Crippen LogP contribution in [0.5, 0.6) is 0 Å². The predicted octanol–water partition coefficient (Wildman–Crippen LogP) is 3.02. The van der Waals surface area contributed by atoms with Gasteiger partial charge in [-0.3, -0.25) is 0 Å². The fraction of sp³-hybridized carbons (Fsp3) is 0.250. The van der Waals surface area contributed by atoms with Crippen molar-refractivity contribution < 1.29 is 13.9 Å². The van der Waals surface area contributed by atoms with E-state index < -0.39 is 28.7 Å². The van der Waals surface area contributed by atoms with Crippen LogP contribution in [0.1, 0.15) is 31.1 Å². The molecule has 0 aromatic heterocycles. The van der Waals surface area contributed by atoms with Crippen LogP contribution in [0, 0.1) is 39.8 Å². The second-order valence-electron chi connectivity index (χ2n) is 5.41.